The van der Waals surface area contributed by atoms with Gasteiger partial charge in [-0.1, -0.05) is 13.0 Å². The lowest BCUT2D eigenvalue weighted by molar-refractivity contribution is -0.116. The summed E-state index contributed by atoms with van der Waals surface area (Å²) in [6.07, 6.45) is 1.09. The van der Waals surface area contributed by atoms with E-state index in [1.807, 2.05) is 39.1 Å². The molecule has 0 bridgehead atoms. The molecular formula is C27H33N7O6. The number of anilines is 1. The zero-order chi connectivity index (χ0) is 28.2. The lowest BCUT2D eigenvalue weighted by Crippen LogP contribution is -2.49. The van der Waals surface area contributed by atoms with E-state index >= 15 is 0 Å². The summed E-state index contributed by atoms with van der Waals surface area (Å²) in [5.74, 6) is 1.26. The Balaban J connectivity index is 1.35. The van der Waals surface area contributed by atoms with Gasteiger partial charge in [0.2, 0.25) is 12.7 Å². The minimum atomic E-state index is -0.397. The molecule has 40 heavy (non-hydrogen) atoms. The van der Waals surface area contributed by atoms with E-state index in [0.717, 1.165) is 17.1 Å². The summed E-state index contributed by atoms with van der Waals surface area (Å²) in [6, 6.07) is 10.5. The van der Waals surface area contributed by atoms with Crippen LogP contribution in [0.25, 0.3) is 0 Å². The Hall–Kier alpha value is -4.23. The third-order valence-electron chi connectivity index (χ3n) is 7.03. The van der Waals surface area contributed by atoms with Gasteiger partial charge in [-0.3, -0.25) is 14.5 Å². The van der Waals surface area contributed by atoms with Crippen molar-refractivity contribution in [1.29, 1.82) is 0 Å². The fraction of sp³-hybridized carbons (Fsp3) is 0.444. The molecule has 13 nitrogen and oxygen atoms in total. The lowest BCUT2D eigenvalue weighted by Gasteiger charge is -2.38. The maximum Gasteiger partial charge on any atom is 0.258 e. The van der Waals surface area contributed by atoms with Crippen LogP contribution in [0.4, 0.5) is 5.69 Å². The van der Waals surface area contributed by atoms with Gasteiger partial charge >= 0.3 is 0 Å². The summed E-state index contributed by atoms with van der Waals surface area (Å²) >= 11 is 0. The van der Waals surface area contributed by atoms with Crippen LogP contribution in [0.1, 0.15) is 29.8 Å². The second kappa shape index (κ2) is 11.9. The van der Waals surface area contributed by atoms with Crippen molar-refractivity contribution in [2.45, 2.75) is 39.1 Å². The molecule has 3 aromatic rings. The number of aliphatic hydroxyl groups excluding tert-OH is 1. The Morgan fingerprint density at radius 2 is 2.00 bits per heavy atom. The molecule has 2 aliphatic rings. The Bertz CT molecular complexity index is 1350. The van der Waals surface area contributed by atoms with E-state index in [2.05, 4.69) is 25.7 Å². The van der Waals surface area contributed by atoms with Gasteiger partial charge in [0, 0.05) is 31.2 Å². The van der Waals surface area contributed by atoms with Crippen molar-refractivity contribution in [3.63, 3.8) is 0 Å². The summed E-state index contributed by atoms with van der Waals surface area (Å²) in [5, 5.41) is 23.4. The van der Waals surface area contributed by atoms with Gasteiger partial charge in [-0.2, -0.15) is 0 Å². The summed E-state index contributed by atoms with van der Waals surface area (Å²) in [4.78, 5) is 30.0. The number of aromatic nitrogens is 4. The number of hydrogen-bond donors (Lipinski definition) is 2. The molecule has 0 aliphatic carbocycles. The molecule has 0 radical (unpaired) electrons. The minimum Gasteiger partial charge on any atom is -0.488 e. The fourth-order valence-electron chi connectivity index (χ4n) is 4.84. The number of hydrogen-bond acceptors (Lipinski definition) is 10. The highest BCUT2D eigenvalue weighted by Gasteiger charge is 2.33. The third-order valence-corrected chi connectivity index (χ3v) is 7.03. The number of ether oxygens (including phenoxy) is 3. The monoisotopic (exact) mass is 551 g/mol. The van der Waals surface area contributed by atoms with Gasteiger partial charge in [-0.15, -0.1) is 5.10 Å². The number of rotatable bonds is 9. The maximum absolute atomic E-state index is 13.7. The molecule has 3 heterocycles. The fourth-order valence-corrected chi connectivity index (χ4v) is 4.84. The molecule has 13 heteroatoms. The third kappa shape index (κ3) is 6.15. The van der Waals surface area contributed by atoms with Crippen LogP contribution in [-0.4, -0.2) is 92.6 Å². The molecule has 5 rings (SSSR count). The van der Waals surface area contributed by atoms with Crippen LogP contribution in [0.3, 0.4) is 0 Å². The average molecular weight is 552 g/mol. The highest BCUT2D eigenvalue weighted by atomic mass is 16.7. The van der Waals surface area contributed by atoms with Crippen molar-refractivity contribution in [2.75, 3.05) is 38.9 Å². The van der Waals surface area contributed by atoms with Gasteiger partial charge in [-0.05, 0) is 60.3 Å². The number of carbonyl (C=O) groups is 2. The van der Waals surface area contributed by atoms with Gasteiger partial charge in [-0.25, -0.2) is 4.68 Å². The van der Waals surface area contributed by atoms with Crippen molar-refractivity contribution in [1.82, 2.24) is 30.0 Å². The number of benzene rings is 2. The highest BCUT2D eigenvalue weighted by molar-refractivity contribution is 5.99. The summed E-state index contributed by atoms with van der Waals surface area (Å²) in [5.41, 5.74) is 1.84. The van der Waals surface area contributed by atoms with Crippen LogP contribution >= 0.6 is 0 Å². The predicted octanol–water partition coefficient (Wildman–Crippen LogP) is 1.39. The summed E-state index contributed by atoms with van der Waals surface area (Å²) in [7, 11) is 2.02. The lowest BCUT2D eigenvalue weighted by atomic mass is 9.99. The number of carbonyl (C=O) groups excluding carboxylic acids is 2. The van der Waals surface area contributed by atoms with E-state index in [4.69, 9.17) is 14.2 Å². The molecule has 2 N–H and O–H groups in total. The molecule has 0 unspecified atom stereocenters. The van der Waals surface area contributed by atoms with E-state index in [1.165, 1.54) is 11.0 Å². The van der Waals surface area contributed by atoms with Crippen molar-refractivity contribution in [2.24, 2.45) is 5.92 Å². The van der Waals surface area contributed by atoms with Gasteiger partial charge in [0.05, 0.1) is 18.2 Å². The first-order valence-electron chi connectivity index (χ1n) is 13.1. The Labute approximate surface area is 231 Å². The minimum absolute atomic E-state index is 0.0269. The standard InChI is InChI=1S/C27H33N7O6/c1-17-10-34(18(2)14-35)27(37)21-9-20(29-26(36)13-33-15-28-30-31-33)5-7-22(21)40-25(17)12-32(3)11-19-4-6-23-24(8-19)39-16-38-23/h4-9,15,17-18,25,35H,10-14,16H2,1-3H3,(H,29,36)/t17-,18+,25-/m1/s1. The van der Waals surface area contributed by atoms with Crippen LogP contribution in [0, 0.1) is 5.92 Å². The molecule has 0 saturated heterocycles. The van der Waals surface area contributed by atoms with Crippen molar-refractivity contribution < 1.29 is 28.9 Å². The first-order chi connectivity index (χ1) is 19.3. The van der Waals surface area contributed by atoms with Crippen LogP contribution in [0.15, 0.2) is 42.7 Å². The molecule has 2 aromatic carbocycles. The topological polar surface area (TPSA) is 144 Å². The van der Waals surface area contributed by atoms with Crippen LogP contribution in [0.5, 0.6) is 17.2 Å². The Kier molecular flexibility index (Phi) is 8.12. The van der Waals surface area contributed by atoms with E-state index in [9.17, 15) is 14.7 Å². The Morgan fingerprint density at radius 1 is 1.20 bits per heavy atom. The Morgan fingerprint density at radius 3 is 2.77 bits per heavy atom. The number of likely N-dealkylation sites (N-methyl/N-ethyl adjacent to an activating group) is 1. The molecule has 1 aromatic heterocycles. The summed E-state index contributed by atoms with van der Waals surface area (Å²) in [6.45, 7) is 5.50. The molecule has 3 atom stereocenters. The molecular weight excluding hydrogens is 518 g/mol. The van der Waals surface area contributed by atoms with E-state index in [0.29, 0.717) is 36.6 Å². The highest BCUT2D eigenvalue weighted by Crippen LogP contribution is 2.33. The van der Waals surface area contributed by atoms with Crippen LogP contribution in [-0.2, 0) is 17.9 Å². The second-order valence-electron chi connectivity index (χ2n) is 10.3. The summed E-state index contributed by atoms with van der Waals surface area (Å²) < 4.78 is 18.7. The number of fused-ring (bicyclic) bond motifs is 2. The molecule has 0 saturated carbocycles. The van der Waals surface area contributed by atoms with Gasteiger partial charge in [0.15, 0.2) is 11.5 Å². The molecule has 212 valence electrons. The molecule has 0 fully saturated rings. The van der Waals surface area contributed by atoms with Gasteiger partial charge in [0.25, 0.3) is 5.91 Å². The van der Waals surface area contributed by atoms with Crippen LogP contribution < -0.4 is 19.5 Å². The van der Waals surface area contributed by atoms with Crippen LogP contribution in [0.2, 0.25) is 0 Å². The zero-order valence-electron chi connectivity index (χ0n) is 22.7. The largest absolute Gasteiger partial charge is 0.488 e. The van der Waals surface area contributed by atoms with Crippen molar-refractivity contribution >= 4 is 17.5 Å². The number of tetrazole rings is 1. The van der Waals surface area contributed by atoms with E-state index in [-0.39, 0.29) is 43.8 Å². The smallest absolute Gasteiger partial charge is 0.258 e. The van der Waals surface area contributed by atoms with Crippen molar-refractivity contribution in [3.8, 4) is 17.2 Å². The first-order valence-corrected chi connectivity index (χ1v) is 13.1. The molecule has 2 amide bonds. The van der Waals surface area contributed by atoms with E-state index in [1.54, 1.807) is 23.1 Å². The normalized spacial score (nSPS) is 19.0. The molecule has 0 spiro atoms. The number of nitrogens with zero attached hydrogens (tertiary/aromatic N) is 6. The SMILES string of the molecule is C[C@@H]1CN([C@@H](C)CO)C(=O)c2cc(NC(=O)Cn3cnnn3)ccc2O[C@@H]1CN(C)Cc1ccc2c(c1)OCO2. The average Bonchev–Trinajstić information content (AvgIpc) is 3.62. The van der Waals surface area contributed by atoms with E-state index < -0.39 is 6.04 Å². The quantitative estimate of drug-likeness (QED) is 0.400. The number of nitrogens with one attached hydrogen (secondary N) is 1. The maximum atomic E-state index is 13.7. The van der Waals surface area contributed by atoms with Crippen molar-refractivity contribution in [3.05, 3.63) is 53.9 Å². The number of amides is 2. The van der Waals surface area contributed by atoms with Gasteiger partial charge in [0.1, 0.15) is 24.7 Å². The number of aliphatic hydroxyl groups is 1. The van der Waals surface area contributed by atoms with Gasteiger partial charge < -0.3 is 29.5 Å². The first kappa shape index (κ1) is 27.3. The molecule has 2 aliphatic heterocycles. The zero-order valence-corrected chi connectivity index (χ0v) is 22.7. The second-order valence-corrected chi connectivity index (χ2v) is 10.3. The predicted molar refractivity (Wildman–Crippen MR) is 143 cm³/mol.